The minimum Gasteiger partial charge on any atom is -0.313 e. The summed E-state index contributed by atoms with van der Waals surface area (Å²) in [4.78, 5) is 0. The maximum atomic E-state index is 5.90. The SMILES string of the molecule is CC(CCl)CCCNCc1cccc(Cl)c1. The van der Waals surface area contributed by atoms with Crippen LogP contribution >= 0.6 is 23.2 Å². The molecule has 1 aromatic carbocycles. The van der Waals surface area contributed by atoms with Crippen LogP contribution in [0.5, 0.6) is 0 Å². The molecule has 0 heterocycles. The van der Waals surface area contributed by atoms with Crippen molar-refractivity contribution in [2.75, 3.05) is 12.4 Å². The first kappa shape index (κ1) is 13.8. The molecule has 90 valence electrons. The van der Waals surface area contributed by atoms with Crippen molar-refractivity contribution in [2.45, 2.75) is 26.3 Å². The van der Waals surface area contributed by atoms with Crippen molar-refractivity contribution >= 4 is 23.2 Å². The third kappa shape index (κ3) is 5.74. The van der Waals surface area contributed by atoms with Gasteiger partial charge in [-0.25, -0.2) is 0 Å². The summed E-state index contributed by atoms with van der Waals surface area (Å²) in [5.41, 5.74) is 1.23. The van der Waals surface area contributed by atoms with Crippen LogP contribution in [-0.2, 0) is 6.54 Å². The van der Waals surface area contributed by atoms with E-state index in [0.717, 1.165) is 24.0 Å². The molecule has 0 aliphatic heterocycles. The zero-order valence-electron chi connectivity index (χ0n) is 9.68. The van der Waals surface area contributed by atoms with Gasteiger partial charge >= 0.3 is 0 Å². The highest BCUT2D eigenvalue weighted by molar-refractivity contribution is 6.30. The Morgan fingerprint density at radius 1 is 1.38 bits per heavy atom. The summed E-state index contributed by atoms with van der Waals surface area (Å²) >= 11 is 11.6. The molecule has 0 saturated carbocycles. The van der Waals surface area contributed by atoms with Gasteiger partial charge in [-0.2, -0.15) is 0 Å². The van der Waals surface area contributed by atoms with Crippen LogP contribution in [0.15, 0.2) is 24.3 Å². The van der Waals surface area contributed by atoms with Crippen molar-refractivity contribution in [3.05, 3.63) is 34.9 Å². The number of hydrogen-bond donors (Lipinski definition) is 1. The van der Waals surface area contributed by atoms with E-state index >= 15 is 0 Å². The molecule has 1 N–H and O–H groups in total. The molecular formula is C13H19Cl2N. The Labute approximate surface area is 108 Å². The zero-order chi connectivity index (χ0) is 11.8. The number of nitrogens with one attached hydrogen (secondary N) is 1. The highest BCUT2D eigenvalue weighted by atomic mass is 35.5. The third-order valence-electron chi connectivity index (χ3n) is 2.53. The fourth-order valence-electron chi connectivity index (χ4n) is 1.53. The van der Waals surface area contributed by atoms with Crippen molar-refractivity contribution in [3.63, 3.8) is 0 Å². The van der Waals surface area contributed by atoms with Crippen molar-refractivity contribution < 1.29 is 0 Å². The van der Waals surface area contributed by atoms with Crippen LogP contribution in [0.3, 0.4) is 0 Å². The van der Waals surface area contributed by atoms with Crippen LogP contribution in [0.25, 0.3) is 0 Å². The van der Waals surface area contributed by atoms with Crippen LogP contribution in [0.1, 0.15) is 25.3 Å². The van der Waals surface area contributed by atoms with E-state index in [4.69, 9.17) is 23.2 Å². The molecule has 0 radical (unpaired) electrons. The fourth-order valence-corrected chi connectivity index (χ4v) is 1.90. The molecule has 1 unspecified atom stereocenters. The van der Waals surface area contributed by atoms with Gasteiger partial charge in [-0.1, -0.05) is 30.7 Å². The largest absolute Gasteiger partial charge is 0.313 e. The van der Waals surface area contributed by atoms with Gasteiger partial charge in [0.1, 0.15) is 0 Å². The molecule has 3 heteroatoms. The van der Waals surface area contributed by atoms with Crippen LogP contribution < -0.4 is 5.32 Å². The second-order valence-corrected chi connectivity index (χ2v) is 4.95. The predicted molar refractivity (Wildman–Crippen MR) is 72.3 cm³/mol. The van der Waals surface area contributed by atoms with Crippen molar-refractivity contribution in [1.82, 2.24) is 5.32 Å². The van der Waals surface area contributed by atoms with Gasteiger partial charge in [0.2, 0.25) is 0 Å². The second kappa shape index (κ2) is 7.94. The quantitative estimate of drug-likeness (QED) is 0.575. The minimum absolute atomic E-state index is 0.620. The zero-order valence-corrected chi connectivity index (χ0v) is 11.2. The average molecular weight is 260 g/mol. The molecule has 0 aliphatic carbocycles. The van der Waals surface area contributed by atoms with Crippen molar-refractivity contribution in [2.24, 2.45) is 5.92 Å². The Kier molecular flexibility index (Phi) is 6.86. The lowest BCUT2D eigenvalue weighted by atomic mass is 10.1. The Morgan fingerprint density at radius 2 is 2.19 bits per heavy atom. The summed E-state index contributed by atoms with van der Waals surface area (Å²) in [5, 5.41) is 4.21. The molecule has 16 heavy (non-hydrogen) atoms. The lowest BCUT2D eigenvalue weighted by Gasteiger charge is -2.08. The van der Waals surface area contributed by atoms with Crippen LogP contribution in [0.2, 0.25) is 5.02 Å². The lowest BCUT2D eigenvalue weighted by Crippen LogP contribution is -2.15. The highest BCUT2D eigenvalue weighted by Gasteiger charge is 1.99. The smallest absolute Gasteiger partial charge is 0.0409 e. The minimum atomic E-state index is 0.620. The van der Waals surface area contributed by atoms with Gasteiger partial charge in [-0.3, -0.25) is 0 Å². The van der Waals surface area contributed by atoms with Crippen LogP contribution in [0.4, 0.5) is 0 Å². The van der Waals surface area contributed by atoms with E-state index < -0.39 is 0 Å². The third-order valence-corrected chi connectivity index (χ3v) is 3.29. The molecule has 0 saturated heterocycles. The first-order chi connectivity index (χ1) is 7.72. The summed E-state index contributed by atoms with van der Waals surface area (Å²) in [7, 11) is 0. The van der Waals surface area contributed by atoms with E-state index in [0.29, 0.717) is 5.92 Å². The molecule has 0 bridgehead atoms. The van der Waals surface area contributed by atoms with E-state index in [1.807, 2.05) is 18.2 Å². The van der Waals surface area contributed by atoms with Gasteiger partial charge in [-0.15, -0.1) is 11.6 Å². The lowest BCUT2D eigenvalue weighted by molar-refractivity contribution is 0.531. The molecule has 0 amide bonds. The summed E-state index contributed by atoms with van der Waals surface area (Å²) in [6.07, 6.45) is 2.36. The standard InChI is InChI=1S/C13H19Cl2N/c1-11(9-14)4-3-7-16-10-12-5-2-6-13(15)8-12/h2,5-6,8,11,16H,3-4,7,9-10H2,1H3. The molecule has 1 nitrogen and oxygen atoms in total. The molecule has 1 rings (SSSR count). The van der Waals surface area contributed by atoms with Crippen LogP contribution in [0, 0.1) is 5.92 Å². The van der Waals surface area contributed by atoms with Gasteiger partial charge in [-0.05, 0) is 43.0 Å². The van der Waals surface area contributed by atoms with Gasteiger partial charge in [0.05, 0.1) is 0 Å². The van der Waals surface area contributed by atoms with Gasteiger partial charge < -0.3 is 5.32 Å². The number of alkyl halides is 1. The number of benzene rings is 1. The Balaban J connectivity index is 2.12. The van der Waals surface area contributed by atoms with Gasteiger partial charge in [0.25, 0.3) is 0 Å². The second-order valence-electron chi connectivity index (χ2n) is 4.21. The molecule has 1 aromatic rings. The molecule has 0 aromatic heterocycles. The molecule has 0 aliphatic rings. The van der Waals surface area contributed by atoms with Gasteiger partial charge in [0, 0.05) is 17.4 Å². The Bertz CT molecular complexity index is 302. The maximum Gasteiger partial charge on any atom is 0.0409 e. The van der Waals surface area contributed by atoms with E-state index in [-0.39, 0.29) is 0 Å². The monoisotopic (exact) mass is 259 g/mol. The van der Waals surface area contributed by atoms with Crippen molar-refractivity contribution in [1.29, 1.82) is 0 Å². The van der Waals surface area contributed by atoms with Crippen LogP contribution in [-0.4, -0.2) is 12.4 Å². The predicted octanol–water partition coefficient (Wildman–Crippen LogP) is 4.08. The van der Waals surface area contributed by atoms with E-state index in [9.17, 15) is 0 Å². The van der Waals surface area contributed by atoms with Gasteiger partial charge in [0.15, 0.2) is 0 Å². The summed E-state index contributed by atoms with van der Waals surface area (Å²) in [6, 6.07) is 7.96. The van der Waals surface area contributed by atoms with E-state index in [1.54, 1.807) is 0 Å². The summed E-state index contributed by atoms with van der Waals surface area (Å²) in [5.74, 6) is 1.38. The summed E-state index contributed by atoms with van der Waals surface area (Å²) < 4.78 is 0. The van der Waals surface area contributed by atoms with E-state index in [2.05, 4.69) is 18.3 Å². The fraction of sp³-hybridized carbons (Fsp3) is 0.538. The first-order valence-corrected chi connectivity index (χ1v) is 6.64. The average Bonchev–Trinajstić information content (AvgIpc) is 2.28. The topological polar surface area (TPSA) is 12.0 Å². The van der Waals surface area contributed by atoms with Crippen molar-refractivity contribution in [3.8, 4) is 0 Å². The maximum absolute atomic E-state index is 5.90. The highest BCUT2D eigenvalue weighted by Crippen LogP contribution is 2.10. The molecule has 1 atom stereocenters. The molecular weight excluding hydrogens is 241 g/mol. The molecule has 0 spiro atoms. The number of halogens is 2. The molecule has 0 fully saturated rings. The first-order valence-electron chi connectivity index (χ1n) is 5.73. The van der Waals surface area contributed by atoms with E-state index in [1.165, 1.54) is 18.4 Å². The Morgan fingerprint density at radius 3 is 2.88 bits per heavy atom. The number of rotatable bonds is 7. The normalized spacial score (nSPS) is 12.7. The summed E-state index contributed by atoms with van der Waals surface area (Å²) in [6.45, 7) is 4.10. The Hall–Kier alpha value is -0.240. The number of hydrogen-bond acceptors (Lipinski definition) is 1.